The molecule has 0 aromatic heterocycles. The van der Waals surface area contributed by atoms with Crippen molar-refractivity contribution in [3.8, 4) is 0 Å². The van der Waals surface area contributed by atoms with Gasteiger partial charge in [0.2, 0.25) is 10.0 Å². The average Bonchev–Trinajstić information content (AvgIpc) is 2.42. The van der Waals surface area contributed by atoms with Gasteiger partial charge in [-0.15, -0.1) is 0 Å². The van der Waals surface area contributed by atoms with Gasteiger partial charge in [0, 0.05) is 18.2 Å². The Morgan fingerprint density at radius 3 is 2.43 bits per heavy atom. The monoisotopic (exact) mass is 316 g/mol. The average molecular weight is 316 g/mol. The van der Waals surface area contributed by atoms with E-state index in [0.29, 0.717) is 11.1 Å². The van der Waals surface area contributed by atoms with Crippen LogP contribution in [0.4, 0.5) is 4.39 Å². The van der Waals surface area contributed by atoms with Crippen LogP contribution in [0, 0.1) is 18.7 Å². The van der Waals surface area contributed by atoms with Gasteiger partial charge in [-0.1, -0.05) is 20.3 Å². The van der Waals surface area contributed by atoms with Crippen molar-refractivity contribution in [1.82, 2.24) is 10.0 Å². The Morgan fingerprint density at radius 2 is 1.90 bits per heavy atom. The minimum Gasteiger partial charge on any atom is -0.316 e. The molecular formula is C15H25FN2O2S. The van der Waals surface area contributed by atoms with Crippen molar-refractivity contribution in [2.45, 2.75) is 51.6 Å². The maximum absolute atomic E-state index is 13.9. The Bertz CT molecular complexity index is 588. The highest BCUT2D eigenvalue weighted by Gasteiger charge is 2.22. The van der Waals surface area contributed by atoms with Crippen LogP contribution >= 0.6 is 0 Å². The first kappa shape index (κ1) is 18.1. The van der Waals surface area contributed by atoms with E-state index in [2.05, 4.69) is 10.0 Å². The molecule has 1 aromatic carbocycles. The second-order valence-corrected chi connectivity index (χ2v) is 7.25. The lowest BCUT2D eigenvalue weighted by atomic mass is 10.0. The minimum absolute atomic E-state index is 0.113. The number of nitrogens with one attached hydrogen (secondary N) is 2. The van der Waals surface area contributed by atoms with Crippen molar-refractivity contribution in [1.29, 1.82) is 0 Å². The number of aryl methyl sites for hydroxylation is 1. The van der Waals surface area contributed by atoms with Crippen LogP contribution in [-0.2, 0) is 16.6 Å². The van der Waals surface area contributed by atoms with Gasteiger partial charge in [-0.25, -0.2) is 17.5 Å². The Morgan fingerprint density at radius 1 is 1.29 bits per heavy atom. The summed E-state index contributed by atoms with van der Waals surface area (Å²) in [4.78, 5) is 0.113. The molecule has 0 amide bonds. The molecule has 0 saturated heterocycles. The third-order valence-corrected chi connectivity index (χ3v) is 5.36. The van der Waals surface area contributed by atoms with E-state index in [-0.39, 0.29) is 29.2 Å². The predicted octanol–water partition coefficient (Wildman–Crippen LogP) is 2.57. The van der Waals surface area contributed by atoms with E-state index < -0.39 is 10.0 Å². The quantitative estimate of drug-likeness (QED) is 0.813. The van der Waals surface area contributed by atoms with E-state index in [1.165, 1.54) is 12.1 Å². The van der Waals surface area contributed by atoms with Crippen molar-refractivity contribution in [3.05, 3.63) is 29.1 Å². The smallest absolute Gasteiger partial charge is 0.240 e. The van der Waals surface area contributed by atoms with Crippen LogP contribution in [0.2, 0.25) is 0 Å². The molecule has 1 rings (SSSR count). The van der Waals surface area contributed by atoms with Gasteiger partial charge >= 0.3 is 0 Å². The summed E-state index contributed by atoms with van der Waals surface area (Å²) in [7, 11) is -1.95. The van der Waals surface area contributed by atoms with Crippen molar-refractivity contribution >= 4 is 10.0 Å². The van der Waals surface area contributed by atoms with Crippen molar-refractivity contribution < 1.29 is 12.8 Å². The number of hydrogen-bond donors (Lipinski definition) is 2. The Balaban J connectivity index is 3.14. The van der Waals surface area contributed by atoms with Gasteiger partial charge in [0.05, 0.1) is 4.90 Å². The molecule has 1 aromatic rings. The molecule has 0 spiro atoms. The second kappa shape index (κ2) is 7.33. The number of benzene rings is 1. The fraction of sp³-hybridized carbons (Fsp3) is 0.600. The van der Waals surface area contributed by atoms with Gasteiger partial charge in [0.25, 0.3) is 0 Å². The van der Waals surface area contributed by atoms with Gasteiger partial charge in [-0.05, 0) is 44.5 Å². The number of hydrogen-bond acceptors (Lipinski definition) is 3. The van der Waals surface area contributed by atoms with E-state index in [1.54, 1.807) is 14.0 Å². The maximum atomic E-state index is 13.9. The van der Waals surface area contributed by atoms with Gasteiger partial charge < -0.3 is 5.32 Å². The van der Waals surface area contributed by atoms with E-state index in [1.807, 2.05) is 20.8 Å². The lowest BCUT2D eigenvalue weighted by molar-refractivity contribution is 0.434. The van der Waals surface area contributed by atoms with E-state index >= 15 is 0 Å². The molecule has 2 unspecified atom stereocenters. The molecule has 2 atom stereocenters. The molecule has 21 heavy (non-hydrogen) atoms. The van der Waals surface area contributed by atoms with Gasteiger partial charge in [0.1, 0.15) is 5.82 Å². The molecule has 0 fully saturated rings. The number of sulfonamides is 1. The lowest BCUT2D eigenvalue weighted by Gasteiger charge is -2.20. The van der Waals surface area contributed by atoms with Gasteiger partial charge in [-0.2, -0.15) is 0 Å². The summed E-state index contributed by atoms with van der Waals surface area (Å²) in [6.07, 6.45) is 0.886. The first-order valence-corrected chi connectivity index (χ1v) is 8.67. The molecule has 2 N–H and O–H groups in total. The van der Waals surface area contributed by atoms with Crippen LogP contribution < -0.4 is 10.0 Å². The van der Waals surface area contributed by atoms with Crippen molar-refractivity contribution in [2.24, 2.45) is 5.92 Å². The first-order valence-electron chi connectivity index (χ1n) is 7.18. The molecule has 0 aliphatic heterocycles. The van der Waals surface area contributed by atoms with Crippen molar-refractivity contribution in [3.63, 3.8) is 0 Å². The van der Waals surface area contributed by atoms with Crippen LogP contribution in [0.1, 0.15) is 38.3 Å². The largest absolute Gasteiger partial charge is 0.316 e. The molecule has 0 aliphatic rings. The van der Waals surface area contributed by atoms with Crippen LogP contribution in [0.25, 0.3) is 0 Å². The second-order valence-electron chi connectivity index (χ2n) is 5.54. The molecule has 0 bridgehead atoms. The summed E-state index contributed by atoms with van der Waals surface area (Å²) in [5.74, 6) is -0.128. The molecule has 120 valence electrons. The zero-order valence-electron chi connectivity index (χ0n) is 13.3. The topological polar surface area (TPSA) is 58.2 Å². The molecule has 0 radical (unpaired) electrons. The lowest BCUT2D eigenvalue weighted by Crippen LogP contribution is -2.37. The summed E-state index contributed by atoms with van der Waals surface area (Å²) >= 11 is 0. The first-order chi connectivity index (χ1) is 9.72. The van der Waals surface area contributed by atoms with Crippen LogP contribution in [-0.4, -0.2) is 21.5 Å². The Hall–Kier alpha value is -0.980. The molecule has 0 saturated carbocycles. The fourth-order valence-electron chi connectivity index (χ4n) is 2.06. The molecule has 0 heterocycles. The number of halogens is 1. The predicted molar refractivity (Wildman–Crippen MR) is 83.1 cm³/mol. The third kappa shape index (κ3) is 4.49. The number of rotatable bonds is 7. The Kier molecular flexibility index (Phi) is 6.31. The third-order valence-electron chi connectivity index (χ3n) is 3.82. The summed E-state index contributed by atoms with van der Waals surface area (Å²) in [5, 5.41) is 2.84. The maximum Gasteiger partial charge on any atom is 0.240 e. The highest BCUT2D eigenvalue weighted by Crippen LogP contribution is 2.20. The summed E-state index contributed by atoms with van der Waals surface area (Å²) in [5.41, 5.74) is 0.688. The summed E-state index contributed by atoms with van der Waals surface area (Å²) < 4.78 is 41.5. The van der Waals surface area contributed by atoms with E-state index in [0.717, 1.165) is 6.42 Å². The standard InChI is InChI=1S/C15H25FN2O2S/c1-6-10(2)12(4)18-21(19,20)14-7-11(3)15(16)13(8-14)9-17-5/h7-8,10,12,17-18H,6,9H2,1-5H3. The minimum atomic E-state index is -3.64. The molecular weight excluding hydrogens is 291 g/mol. The normalized spacial score (nSPS) is 15.0. The van der Waals surface area contributed by atoms with Gasteiger partial charge in [-0.3, -0.25) is 0 Å². The van der Waals surface area contributed by atoms with E-state index in [4.69, 9.17) is 0 Å². The highest BCUT2D eigenvalue weighted by molar-refractivity contribution is 7.89. The summed E-state index contributed by atoms with van der Waals surface area (Å²) in [6, 6.07) is 2.60. The SMILES string of the molecule is CCC(C)C(C)NS(=O)(=O)c1cc(C)c(F)c(CNC)c1. The van der Waals surface area contributed by atoms with Crippen LogP contribution in [0.15, 0.2) is 17.0 Å². The van der Waals surface area contributed by atoms with Crippen LogP contribution in [0.3, 0.4) is 0 Å². The molecule has 4 nitrogen and oxygen atoms in total. The van der Waals surface area contributed by atoms with Crippen molar-refractivity contribution in [2.75, 3.05) is 7.05 Å². The highest BCUT2D eigenvalue weighted by atomic mass is 32.2. The zero-order chi connectivity index (χ0) is 16.2. The zero-order valence-corrected chi connectivity index (χ0v) is 14.1. The van der Waals surface area contributed by atoms with Crippen LogP contribution in [0.5, 0.6) is 0 Å². The molecule has 0 aliphatic carbocycles. The molecule has 6 heteroatoms. The van der Waals surface area contributed by atoms with Gasteiger partial charge in [0.15, 0.2) is 0 Å². The fourth-order valence-corrected chi connectivity index (χ4v) is 3.55. The van der Waals surface area contributed by atoms with E-state index in [9.17, 15) is 12.8 Å². The Labute approximate surface area is 127 Å². The summed E-state index contributed by atoms with van der Waals surface area (Å²) in [6.45, 7) is 7.72.